The molecule has 25 heavy (non-hydrogen) atoms. The topological polar surface area (TPSA) is 75.4 Å². The van der Waals surface area contributed by atoms with Crippen LogP contribution in [0.2, 0.25) is 5.02 Å². The molecule has 0 unspecified atom stereocenters. The third-order valence-electron chi connectivity index (χ3n) is 4.40. The summed E-state index contributed by atoms with van der Waals surface area (Å²) in [6, 6.07) is 7.04. The standard InChI is InChI=1S/C18H20ClN3O2S/c1-10(2)22-8-7-13-14(9-22)25-18(15(13)16(20)23)21-17(24)11-3-5-12(19)6-4-11/h3-6,10H,7-9H2,1-2H3,(H2,20,23)(H,21,24). The van der Waals surface area contributed by atoms with Crippen LogP contribution in [-0.4, -0.2) is 29.3 Å². The number of carbonyl (C=O) groups is 2. The highest BCUT2D eigenvalue weighted by Crippen LogP contribution is 2.37. The van der Waals surface area contributed by atoms with Crippen molar-refractivity contribution >= 4 is 39.8 Å². The number of benzene rings is 1. The predicted molar refractivity (Wildman–Crippen MR) is 101 cm³/mol. The zero-order valence-electron chi connectivity index (χ0n) is 14.1. The van der Waals surface area contributed by atoms with Crippen LogP contribution in [0.4, 0.5) is 5.00 Å². The number of thiophene rings is 1. The third-order valence-corrected chi connectivity index (χ3v) is 5.78. The van der Waals surface area contributed by atoms with Gasteiger partial charge in [-0.15, -0.1) is 11.3 Å². The zero-order chi connectivity index (χ0) is 18.1. The minimum atomic E-state index is -0.498. The third kappa shape index (κ3) is 3.71. The predicted octanol–water partition coefficient (Wildman–Crippen LogP) is 3.52. The van der Waals surface area contributed by atoms with Gasteiger partial charge in [0.2, 0.25) is 0 Å². The molecule has 1 aliphatic heterocycles. The summed E-state index contributed by atoms with van der Waals surface area (Å²) in [6.45, 7) is 5.95. The van der Waals surface area contributed by atoms with Gasteiger partial charge in [-0.05, 0) is 50.1 Å². The summed E-state index contributed by atoms with van der Waals surface area (Å²) in [6.07, 6.45) is 0.763. The highest BCUT2D eigenvalue weighted by atomic mass is 35.5. The number of rotatable bonds is 4. The smallest absolute Gasteiger partial charge is 0.256 e. The van der Waals surface area contributed by atoms with Crippen molar-refractivity contribution in [3.8, 4) is 0 Å². The second-order valence-corrected chi connectivity index (χ2v) is 7.89. The summed E-state index contributed by atoms with van der Waals surface area (Å²) in [5.41, 5.74) is 7.50. The molecular formula is C18H20ClN3O2S. The van der Waals surface area contributed by atoms with Crippen molar-refractivity contribution in [1.82, 2.24) is 4.90 Å². The Kier molecular flexibility index (Phi) is 5.13. The fourth-order valence-electron chi connectivity index (χ4n) is 2.99. The lowest BCUT2D eigenvalue weighted by Crippen LogP contribution is -2.35. The molecule has 3 rings (SSSR count). The van der Waals surface area contributed by atoms with Gasteiger partial charge in [0, 0.05) is 34.6 Å². The maximum absolute atomic E-state index is 12.5. The second kappa shape index (κ2) is 7.15. The number of anilines is 1. The number of nitrogens with zero attached hydrogens (tertiary/aromatic N) is 1. The number of hydrogen-bond acceptors (Lipinski definition) is 4. The number of hydrogen-bond donors (Lipinski definition) is 2. The Balaban J connectivity index is 1.90. The Morgan fingerprint density at radius 2 is 1.96 bits per heavy atom. The quantitative estimate of drug-likeness (QED) is 0.855. The molecule has 2 aromatic rings. The largest absolute Gasteiger partial charge is 0.365 e. The van der Waals surface area contributed by atoms with Crippen LogP contribution in [0.3, 0.4) is 0 Å². The van der Waals surface area contributed by atoms with Gasteiger partial charge in [-0.2, -0.15) is 0 Å². The first-order valence-electron chi connectivity index (χ1n) is 8.12. The van der Waals surface area contributed by atoms with E-state index in [0.29, 0.717) is 27.2 Å². The van der Waals surface area contributed by atoms with Crippen LogP contribution < -0.4 is 11.1 Å². The molecule has 7 heteroatoms. The monoisotopic (exact) mass is 377 g/mol. The number of nitrogens with one attached hydrogen (secondary N) is 1. The highest BCUT2D eigenvalue weighted by molar-refractivity contribution is 7.17. The van der Waals surface area contributed by atoms with Gasteiger partial charge in [-0.25, -0.2) is 0 Å². The molecule has 3 N–H and O–H groups in total. The van der Waals surface area contributed by atoms with Gasteiger partial charge in [-0.3, -0.25) is 14.5 Å². The molecule has 1 aliphatic rings. The number of primary amides is 1. The Bertz CT molecular complexity index is 814. The van der Waals surface area contributed by atoms with E-state index in [9.17, 15) is 9.59 Å². The van der Waals surface area contributed by atoms with Crippen molar-refractivity contribution in [1.29, 1.82) is 0 Å². The van der Waals surface area contributed by atoms with E-state index in [1.165, 1.54) is 11.3 Å². The zero-order valence-corrected chi connectivity index (χ0v) is 15.7. The molecule has 0 saturated heterocycles. The maximum atomic E-state index is 12.5. The summed E-state index contributed by atoms with van der Waals surface area (Å²) in [7, 11) is 0. The van der Waals surface area contributed by atoms with Crippen molar-refractivity contribution in [2.45, 2.75) is 32.9 Å². The molecule has 0 atom stereocenters. The molecule has 0 saturated carbocycles. The fourth-order valence-corrected chi connectivity index (χ4v) is 4.39. The normalized spacial score (nSPS) is 14.4. The number of nitrogens with two attached hydrogens (primary N) is 1. The number of halogens is 1. The van der Waals surface area contributed by atoms with Crippen LogP contribution in [-0.2, 0) is 13.0 Å². The Morgan fingerprint density at radius 3 is 2.56 bits per heavy atom. The Hall–Kier alpha value is -1.89. The van der Waals surface area contributed by atoms with Crippen molar-refractivity contribution < 1.29 is 9.59 Å². The van der Waals surface area contributed by atoms with E-state index in [0.717, 1.165) is 30.0 Å². The van der Waals surface area contributed by atoms with Gasteiger partial charge < -0.3 is 11.1 Å². The maximum Gasteiger partial charge on any atom is 0.256 e. The van der Waals surface area contributed by atoms with Crippen molar-refractivity contribution in [2.24, 2.45) is 5.73 Å². The summed E-state index contributed by atoms with van der Waals surface area (Å²) in [4.78, 5) is 27.9. The lowest BCUT2D eigenvalue weighted by Gasteiger charge is -2.30. The molecule has 1 aromatic heterocycles. The lowest BCUT2D eigenvalue weighted by atomic mass is 10.0. The number of amides is 2. The van der Waals surface area contributed by atoms with E-state index in [-0.39, 0.29) is 5.91 Å². The van der Waals surface area contributed by atoms with Crippen LogP contribution in [0.5, 0.6) is 0 Å². The summed E-state index contributed by atoms with van der Waals surface area (Å²) >= 11 is 7.29. The molecule has 0 fully saturated rings. The Labute approximate surface area is 155 Å². The van der Waals surface area contributed by atoms with E-state index in [1.807, 2.05) is 0 Å². The van der Waals surface area contributed by atoms with Crippen LogP contribution in [0.25, 0.3) is 0 Å². The van der Waals surface area contributed by atoms with E-state index in [2.05, 4.69) is 24.1 Å². The van der Waals surface area contributed by atoms with Gasteiger partial charge in [-0.1, -0.05) is 11.6 Å². The summed E-state index contributed by atoms with van der Waals surface area (Å²) < 4.78 is 0. The minimum Gasteiger partial charge on any atom is -0.365 e. The molecule has 5 nitrogen and oxygen atoms in total. The molecule has 2 heterocycles. The number of carbonyl (C=O) groups excluding carboxylic acids is 2. The SMILES string of the molecule is CC(C)N1CCc2c(sc(NC(=O)c3ccc(Cl)cc3)c2C(N)=O)C1. The molecule has 0 spiro atoms. The van der Waals surface area contributed by atoms with Crippen LogP contribution in [0, 0.1) is 0 Å². The molecule has 0 aliphatic carbocycles. The molecule has 0 radical (unpaired) electrons. The van der Waals surface area contributed by atoms with Crippen molar-refractivity contribution in [2.75, 3.05) is 11.9 Å². The Morgan fingerprint density at radius 1 is 1.28 bits per heavy atom. The molecule has 1 aromatic carbocycles. The summed E-state index contributed by atoms with van der Waals surface area (Å²) in [5, 5.41) is 3.94. The van der Waals surface area contributed by atoms with Gasteiger partial charge in [0.25, 0.3) is 11.8 Å². The van der Waals surface area contributed by atoms with E-state index in [1.54, 1.807) is 24.3 Å². The highest BCUT2D eigenvalue weighted by Gasteiger charge is 2.28. The first-order valence-corrected chi connectivity index (χ1v) is 9.31. The first-order chi connectivity index (χ1) is 11.9. The van der Waals surface area contributed by atoms with Crippen LogP contribution in [0.15, 0.2) is 24.3 Å². The molecule has 0 bridgehead atoms. The average molecular weight is 378 g/mol. The van der Waals surface area contributed by atoms with Gasteiger partial charge in [0.15, 0.2) is 0 Å². The molecular weight excluding hydrogens is 358 g/mol. The molecule has 132 valence electrons. The van der Waals surface area contributed by atoms with Crippen LogP contribution in [0.1, 0.15) is 45.0 Å². The van der Waals surface area contributed by atoms with Crippen molar-refractivity contribution in [3.63, 3.8) is 0 Å². The van der Waals surface area contributed by atoms with Gasteiger partial charge in [0.1, 0.15) is 5.00 Å². The van der Waals surface area contributed by atoms with Gasteiger partial charge >= 0.3 is 0 Å². The molecule has 2 amide bonds. The van der Waals surface area contributed by atoms with Crippen molar-refractivity contribution in [3.05, 3.63) is 50.9 Å². The van der Waals surface area contributed by atoms with Gasteiger partial charge in [0.05, 0.1) is 5.56 Å². The minimum absolute atomic E-state index is 0.279. The lowest BCUT2D eigenvalue weighted by molar-refractivity contribution is 0.0999. The van der Waals surface area contributed by atoms with Crippen LogP contribution >= 0.6 is 22.9 Å². The average Bonchev–Trinajstić information content (AvgIpc) is 2.92. The fraction of sp³-hybridized carbons (Fsp3) is 0.333. The van der Waals surface area contributed by atoms with E-state index in [4.69, 9.17) is 17.3 Å². The second-order valence-electron chi connectivity index (χ2n) is 6.35. The summed E-state index contributed by atoms with van der Waals surface area (Å²) in [5.74, 6) is -0.777. The first kappa shape index (κ1) is 17.9. The number of fused-ring (bicyclic) bond motifs is 1. The van der Waals surface area contributed by atoms with E-state index >= 15 is 0 Å². The van der Waals surface area contributed by atoms with E-state index < -0.39 is 5.91 Å².